The van der Waals surface area contributed by atoms with Crippen LogP contribution in [0.5, 0.6) is 0 Å². The number of H-pyrrole nitrogens is 1. The van der Waals surface area contributed by atoms with E-state index >= 15 is 0 Å². The number of halogens is 1. The SMILES string of the molecule is CCNC(=NCC1(N2CCOCC2)CCCCC1)NCCCc1cn[nH]c1C.I. The number of nitrogens with zero attached hydrogens (tertiary/aromatic N) is 3. The van der Waals surface area contributed by atoms with Crippen LogP contribution < -0.4 is 10.6 Å². The van der Waals surface area contributed by atoms with Crippen molar-refractivity contribution in [2.24, 2.45) is 4.99 Å². The molecule has 0 atom stereocenters. The minimum atomic E-state index is 0. The summed E-state index contributed by atoms with van der Waals surface area (Å²) in [5.74, 6) is 0.949. The molecule has 1 saturated heterocycles. The number of aromatic amines is 1. The molecule has 1 aliphatic heterocycles. The Morgan fingerprint density at radius 1 is 1.24 bits per heavy atom. The monoisotopic (exact) mass is 518 g/mol. The van der Waals surface area contributed by atoms with Gasteiger partial charge in [0.15, 0.2) is 5.96 Å². The number of morpholine rings is 1. The molecule has 29 heavy (non-hydrogen) atoms. The molecule has 3 N–H and O–H groups in total. The molecule has 0 spiro atoms. The minimum absolute atomic E-state index is 0. The summed E-state index contributed by atoms with van der Waals surface area (Å²) in [6.45, 7) is 10.7. The highest BCUT2D eigenvalue weighted by Crippen LogP contribution is 2.34. The first-order valence-electron chi connectivity index (χ1n) is 11.1. The number of rotatable bonds is 8. The highest BCUT2D eigenvalue weighted by molar-refractivity contribution is 14.0. The second-order valence-corrected chi connectivity index (χ2v) is 8.13. The number of aromatic nitrogens is 2. The molecule has 1 aromatic rings. The Balaban J connectivity index is 0.00000300. The average Bonchev–Trinajstić information content (AvgIpc) is 3.15. The number of hydrogen-bond donors (Lipinski definition) is 3. The van der Waals surface area contributed by atoms with Crippen molar-refractivity contribution in [3.8, 4) is 0 Å². The summed E-state index contributed by atoms with van der Waals surface area (Å²) in [6.07, 6.45) is 10.6. The molecule has 2 fully saturated rings. The zero-order chi connectivity index (χ0) is 19.7. The normalized spacial score (nSPS) is 20.1. The van der Waals surface area contributed by atoms with Crippen molar-refractivity contribution >= 4 is 29.9 Å². The van der Waals surface area contributed by atoms with Crippen molar-refractivity contribution in [2.45, 2.75) is 64.3 Å². The van der Waals surface area contributed by atoms with E-state index in [1.807, 2.05) is 6.20 Å². The van der Waals surface area contributed by atoms with Crippen LogP contribution in [0, 0.1) is 6.92 Å². The Labute approximate surface area is 192 Å². The van der Waals surface area contributed by atoms with E-state index in [1.165, 1.54) is 43.4 Å². The number of hydrogen-bond acceptors (Lipinski definition) is 4. The van der Waals surface area contributed by atoms with E-state index < -0.39 is 0 Å². The van der Waals surface area contributed by atoms with Crippen molar-refractivity contribution in [2.75, 3.05) is 45.9 Å². The highest BCUT2D eigenvalue weighted by Gasteiger charge is 2.38. The maximum Gasteiger partial charge on any atom is 0.191 e. The number of aliphatic imine (C=N–C) groups is 1. The number of aryl methyl sites for hydroxylation is 2. The Morgan fingerprint density at radius 3 is 2.66 bits per heavy atom. The molecule has 1 aliphatic carbocycles. The van der Waals surface area contributed by atoms with Gasteiger partial charge in [-0.3, -0.25) is 15.0 Å². The fourth-order valence-corrected chi connectivity index (χ4v) is 4.50. The minimum Gasteiger partial charge on any atom is -0.379 e. The first-order chi connectivity index (χ1) is 13.7. The van der Waals surface area contributed by atoms with Gasteiger partial charge in [-0.2, -0.15) is 5.10 Å². The predicted octanol–water partition coefficient (Wildman–Crippen LogP) is 2.86. The third kappa shape index (κ3) is 7.10. The summed E-state index contributed by atoms with van der Waals surface area (Å²) in [6, 6.07) is 0. The van der Waals surface area contributed by atoms with Gasteiger partial charge in [0.1, 0.15) is 0 Å². The van der Waals surface area contributed by atoms with E-state index in [4.69, 9.17) is 9.73 Å². The second-order valence-electron chi connectivity index (χ2n) is 8.13. The van der Waals surface area contributed by atoms with E-state index in [2.05, 4.69) is 39.6 Å². The Bertz CT molecular complexity index is 608. The van der Waals surface area contributed by atoms with Crippen LogP contribution in [0.15, 0.2) is 11.2 Å². The van der Waals surface area contributed by atoms with E-state index in [0.29, 0.717) is 0 Å². The van der Waals surface area contributed by atoms with Gasteiger partial charge in [-0.05, 0) is 45.1 Å². The molecule has 2 heterocycles. The molecule has 7 nitrogen and oxygen atoms in total. The summed E-state index contributed by atoms with van der Waals surface area (Å²) >= 11 is 0. The van der Waals surface area contributed by atoms with Crippen LogP contribution in [-0.2, 0) is 11.2 Å². The lowest BCUT2D eigenvalue weighted by molar-refractivity contribution is -0.0333. The number of nitrogens with one attached hydrogen (secondary N) is 3. The lowest BCUT2D eigenvalue weighted by Crippen LogP contribution is -2.56. The summed E-state index contributed by atoms with van der Waals surface area (Å²) in [7, 11) is 0. The molecular formula is C21H39IN6O. The second kappa shape index (κ2) is 12.7. The standard InChI is InChI=1S/C21H38N6O.HI/c1-3-22-20(23-11-7-8-19-16-25-26-18(19)2)24-17-21(9-5-4-6-10-21)27-12-14-28-15-13-27;/h16H,3-15,17H2,1-2H3,(H,25,26)(H2,22,23,24);1H. The van der Waals surface area contributed by atoms with E-state index in [1.54, 1.807) is 0 Å². The topological polar surface area (TPSA) is 77.6 Å². The van der Waals surface area contributed by atoms with Crippen molar-refractivity contribution < 1.29 is 4.74 Å². The zero-order valence-corrected chi connectivity index (χ0v) is 20.5. The first-order valence-corrected chi connectivity index (χ1v) is 11.1. The Morgan fingerprint density at radius 2 is 2.00 bits per heavy atom. The first kappa shape index (κ1) is 24.4. The van der Waals surface area contributed by atoms with Crippen molar-refractivity contribution in [1.82, 2.24) is 25.7 Å². The summed E-state index contributed by atoms with van der Waals surface area (Å²) < 4.78 is 5.60. The van der Waals surface area contributed by atoms with Gasteiger partial charge in [-0.15, -0.1) is 24.0 Å². The van der Waals surface area contributed by atoms with Gasteiger partial charge in [0.05, 0.1) is 26.0 Å². The Kier molecular flexibility index (Phi) is 10.7. The van der Waals surface area contributed by atoms with Crippen LogP contribution in [-0.4, -0.2) is 72.5 Å². The predicted molar refractivity (Wildman–Crippen MR) is 129 cm³/mol. The molecule has 1 aromatic heterocycles. The quantitative estimate of drug-likeness (QED) is 0.214. The molecule has 166 valence electrons. The molecule has 0 amide bonds. The van der Waals surface area contributed by atoms with Gasteiger partial charge in [-0.25, -0.2) is 0 Å². The molecule has 0 unspecified atom stereocenters. The molecular weight excluding hydrogens is 479 g/mol. The van der Waals surface area contributed by atoms with Gasteiger partial charge in [-0.1, -0.05) is 19.3 Å². The van der Waals surface area contributed by atoms with Crippen LogP contribution in [0.1, 0.15) is 56.7 Å². The van der Waals surface area contributed by atoms with E-state index in [0.717, 1.165) is 64.7 Å². The molecule has 0 bridgehead atoms. The lowest BCUT2D eigenvalue weighted by atomic mass is 9.80. The van der Waals surface area contributed by atoms with Crippen LogP contribution in [0.3, 0.4) is 0 Å². The largest absolute Gasteiger partial charge is 0.379 e. The van der Waals surface area contributed by atoms with Crippen molar-refractivity contribution in [3.63, 3.8) is 0 Å². The molecule has 8 heteroatoms. The van der Waals surface area contributed by atoms with Gasteiger partial charge in [0.2, 0.25) is 0 Å². The number of ether oxygens (including phenoxy) is 1. The molecule has 0 radical (unpaired) electrons. The molecule has 2 aliphatic rings. The van der Waals surface area contributed by atoms with Gasteiger partial charge < -0.3 is 15.4 Å². The molecule has 3 rings (SSSR count). The summed E-state index contributed by atoms with van der Waals surface area (Å²) in [5, 5.41) is 14.1. The number of guanidine groups is 1. The van der Waals surface area contributed by atoms with E-state index in [9.17, 15) is 0 Å². The van der Waals surface area contributed by atoms with Crippen LogP contribution in [0.4, 0.5) is 0 Å². The fourth-order valence-electron chi connectivity index (χ4n) is 4.50. The zero-order valence-electron chi connectivity index (χ0n) is 18.1. The maximum atomic E-state index is 5.60. The maximum absolute atomic E-state index is 5.60. The van der Waals surface area contributed by atoms with Crippen LogP contribution >= 0.6 is 24.0 Å². The van der Waals surface area contributed by atoms with Crippen molar-refractivity contribution in [1.29, 1.82) is 0 Å². The third-order valence-corrected chi connectivity index (χ3v) is 6.19. The average molecular weight is 518 g/mol. The highest BCUT2D eigenvalue weighted by atomic mass is 127. The van der Waals surface area contributed by atoms with Gasteiger partial charge in [0.25, 0.3) is 0 Å². The fraction of sp³-hybridized carbons (Fsp3) is 0.810. The smallest absolute Gasteiger partial charge is 0.191 e. The van der Waals surface area contributed by atoms with E-state index in [-0.39, 0.29) is 29.5 Å². The third-order valence-electron chi connectivity index (χ3n) is 6.19. The molecule has 1 saturated carbocycles. The van der Waals surface area contributed by atoms with Crippen LogP contribution in [0.2, 0.25) is 0 Å². The summed E-state index contributed by atoms with van der Waals surface area (Å²) in [5.41, 5.74) is 2.70. The van der Waals surface area contributed by atoms with Crippen molar-refractivity contribution in [3.05, 3.63) is 17.5 Å². The van der Waals surface area contributed by atoms with Crippen LogP contribution in [0.25, 0.3) is 0 Å². The summed E-state index contributed by atoms with van der Waals surface area (Å²) in [4.78, 5) is 7.69. The Hall–Kier alpha value is -0.870. The van der Waals surface area contributed by atoms with Gasteiger partial charge >= 0.3 is 0 Å². The van der Waals surface area contributed by atoms with Gasteiger partial charge in [0, 0.05) is 37.4 Å². The molecule has 0 aromatic carbocycles. The lowest BCUT2D eigenvalue weighted by Gasteiger charge is -2.47.